The van der Waals surface area contributed by atoms with E-state index in [0.29, 0.717) is 0 Å². The lowest BCUT2D eigenvalue weighted by Crippen LogP contribution is -1.91. The van der Waals surface area contributed by atoms with Gasteiger partial charge >= 0.3 is 0 Å². The van der Waals surface area contributed by atoms with Crippen LogP contribution < -0.4 is 0 Å². The van der Waals surface area contributed by atoms with Gasteiger partial charge in [-0.05, 0) is 166 Å². The van der Waals surface area contributed by atoms with Gasteiger partial charge in [-0.3, -0.25) is 0 Å². The molecule has 0 fully saturated rings. The molecule has 0 N–H and O–H groups in total. The molecule has 294 valence electrons. The van der Waals surface area contributed by atoms with E-state index in [-0.39, 0.29) is 0 Å². The molecule has 0 bridgehead atoms. The number of hydrogen-bond donors (Lipinski definition) is 0. The molecule has 0 atom stereocenters. The minimum absolute atomic E-state index is 1.22. The second-order valence-corrected chi connectivity index (χ2v) is 17.4. The minimum atomic E-state index is 1.22. The quantitative estimate of drug-likeness (QED) is 0.152. The van der Waals surface area contributed by atoms with Crippen LogP contribution in [0.25, 0.3) is 142 Å². The van der Waals surface area contributed by atoms with E-state index in [9.17, 15) is 0 Å². The van der Waals surface area contributed by atoms with Crippen molar-refractivity contribution < 1.29 is 0 Å². The van der Waals surface area contributed by atoms with Crippen LogP contribution in [-0.2, 0) is 0 Å². The van der Waals surface area contributed by atoms with Gasteiger partial charge in [0.15, 0.2) is 0 Å². The number of fused-ring (bicyclic) bond motifs is 9. The van der Waals surface area contributed by atoms with Gasteiger partial charge in [0.05, 0.1) is 0 Å². The zero-order valence-electron chi connectivity index (χ0n) is 34.9. The average Bonchev–Trinajstić information content (AvgIpc) is 3.88. The smallest absolute Gasteiger partial charge is 0.000719 e. The molecule has 0 saturated carbocycles. The zero-order valence-corrected chi connectivity index (χ0v) is 34.9. The van der Waals surface area contributed by atoms with Gasteiger partial charge in [-0.1, -0.05) is 206 Å². The Morgan fingerprint density at radius 2 is 0.688 bits per heavy atom. The third-order valence-corrected chi connectivity index (χ3v) is 14.1. The summed E-state index contributed by atoms with van der Waals surface area (Å²) >= 11 is 0. The second-order valence-electron chi connectivity index (χ2n) is 17.4. The summed E-state index contributed by atoms with van der Waals surface area (Å²) in [7, 11) is 0. The van der Waals surface area contributed by atoms with E-state index in [2.05, 4.69) is 231 Å². The fourth-order valence-electron chi connectivity index (χ4n) is 11.4. The van der Waals surface area contributed by atoms with E-state index in [1.807, 2.05) is 0 Å². The van der Waals surface area contributed by atoms with Crippen molar-refractivity contribution >= 4 is 86.2 Å². The van der Waals surface area contributed by atoms with Crippen molar-refractivity contribution in [2.75, 3.05) is 0 Å². The topological polar surface area (TPSA) is 0 Å². The minimum Gasteiger partial charge on any atom is -0.0622 e. The van der Waals surface area contributed by atoms with E-state index in [0.717, 1.165) is 0 Å². The van der Waals surface area contributed by atoms with Crippen molar-refractivity contribution in [1.82, 2.24) is 0 Å². The highest BCUT2D eigenvalue weighted by atomic mass is 14.3. The van der Waals surface area contributed by atoms with Crippen LogP contribution in [0.15, 0.2) is 231 Å². The van der Waals surface area contributed by atoms with Gasteiger partial charge in [-0.25, -0.2) is 0 Å². The monoisotopic (exact) mass is 806 g/mol. The van der Waals surface area contributed by atoms with Crippen LogP contribution >= 0.6 is 0 Å². The lowest BCUT2D eigenvalue weighted by molar-refractivity contribution is 1.61. The molecule has 0 radical (unpaired) electrons. The molecule has 0 spiro atoms. The largest absolute Gasteiger partial charge is 0.0622 e. The lowest BCUT2D eigenvalue weighted by Gasteiger charge is -2.19. The predicted molar refractivity (Wildman–Crippen MR) is 276 cm³/mol. The maximum atomic E-state index is 2.53. The molecule has 0 amide bonds. The van der Waals surface area contributed by atoms with Gasteiger partial charge in [0.25, 0.3) is 0 Å². The molecule has 0 aliphatic carbocycles. The first-order chi connectivity index (χ1) is 31.8. The molecule has 0 aliphatic heterocycles. The Balaban J connectivity index is 1.12. The van der Waals surface area contributed by atoms with E-state index < -0.39 is 0 Å². The fourth-order valence-corrected chi connectivity index (χ4v) is 11.4. The van der Waals surface area contributed by atoms with Crippen molar-refractivity contribution in [3.63, 3.8) is 0 Å². The van der Waals surface area contributed by atoms with Gasteiger partial charge in [-0.2, -0.15) is 0 Å². The van der Waals surface area contributed by atoms with Crippen molar-refractivity contribution in [3.8, 4) is 55.6 Å². The Morgan fingerprint density at radius 1 is 0.172 bits per heavy atom. The van der Waals surface area contributed by atoms with Gasteiger partial charge < -0.3 is 0 Å². The van der Waals surface area contributed by atoms with Crippen LogP contribution in [0.3, 0.4) is 0 Å². The lowest BCUT2D eigenvalue weighted by atomic mass is 9.84. The van der Waals surface area contributed by atoms with E-state index in [1.165, 1.54) is 142 Å². The highest BCUT2D eigenvalue weighted by molar-refractivity contribution is 6.45. The molecule has 14 aromatic rings. The van der Waals surface area contributed by atoms with Crippen LogP contribution in [-0.4, -0.2) is 0 Å². The Bertz CT molecular complexity index is 4130. The molecule has 64 heavy (non-hydrogen) atoms. The Morgan fingerprint density at radius 3 is 1.39 bits per heavy atom. The predicted octanol–water partition coefficient (Wildman–Crippen LogP) is 18.1. The van der Waals surface area contributed by atoms with Crippen LogP contribution in [0.5, 0.6) is 0 Å². The normalized spacial score (nSPS) is 12.1. The molecule has 0 heteroatoms. The molecule has 14 aromatic carbocycles. The fraction of sp³-hybridized carbons (Fsp3) is 0. The maximum Gasteiger partial charge on any atom is -0.000719 e. The SMILES string of the molecule is c1ccc(-c2cc(-c3ccccc3)c3cc(-c4ccc5c6c(-c7ccccc7)c7cc8c9ccccc9c9cccc(c7c(-c7ccccc7)c6c6cccc4c56)c98)ccc3c2)cc1. The molecular formula is C64H38. The van der Waals surface area contributed by atoms with E-state index in [4.69, 9.17) is 0 Å². The van der Waals surface area contributed by atoms with Crippen LogP contribution in [0.2, 0.25) is 0 Å². The number of benzene rings is 12. The molecule has 14 rings (SSSR count). The highest BCUT2D eigenvalue weighted by Gasteiger charge is 2.27. The van der Waals surface area contributed by atoms with E-state index in [1.54, 1.807) is 0 Å². The molecule has 0 aliphatic rings. The van der Waals surface area contributed by atoms with Crippen molar-refractivity contribution in [1.29, 1.82) is 0 Å². The number of rotatable bonds is 5. The van der Waals surface area contributed by atoms with E-state index >= 15 is 0 Å². The molecule has 0 saturated heterocycles. The average molecular weight is 807 g/mol. The van der Waals surface area contributed by atoms with Crippen molar-refractivity contribution in [2.45, 2.75) is 0 Å². The summed E-state index contributed by atoms with van der Waals surface area (Å²) in [5.74, 6) is 0. The van der Waals surface area contributed by atoms with Crippen molar-refractivity contribution in [3.05, 3.63) is 231 Å². The molecule has 0 nitrogen and oxygen atoms in total. The summed E-state index contributed by atoms with van der Waals surface area (Å²) in [5.41, 5.74) is 12.5. The summed E-state index contributed by atoms with van der Waals surface area (Å²) in [6.07, 6.45) is 0. The Hall–Kier alpha value is -8.32. The molecule has 0 aromatic heterocycles. The van der Waals surface area contributed by atoms with Gasteiger partial charge in [0, 0.05) is 0 Å². The zero-order chi connectivity index (χ0) is 41.9. The third-order valence-electron chi connectivity index (χ3n) is 14.1. The summed E-state index contributed by atoms with van der Waals surface area (Å²) in [6, 6.07) is 86.0. The molecule has 0 heterocycles. The standard InChI is InChI=1S/C64H38/c1-5-17-39(18-6-1)45-35-43-31-32-44(36-55(43)54(37-45)40-19-7-2-8-20-40)46-33-34-53-60-49(46)27-15-30-52(60)64-59(42-23-11-4-12-24-42)62-51-29-16-28-50-47-25-13-14-26-48(47)56(61(50)51)38-57(62)58(63(53)64)41-21-9-3-10-22-41/h1-38H. The van der Waals surface area contributed by atoms with Crippen LogP contribution in [0, 0.1) is 0 Å². The van der Waals surface area contributed by atoms with Gasteiger partial charge in [0.1, 0.15) is 0 Å². The van der Waals surface area contributed by atoms with Gasteiger partial charge in [0.2, 0.25) is 0 Å². The summed E-state index contributed by atoms with van der Waals surface area (Å²) < 4.78 is 0. The summed E-state index contributed by atoms with van der Waals surface area (Å²) in [4.78, 5) is 0. The van der Waals surface area contributed by atoms with Crippen LogP contribution in [0.4, 0.5) is 0 Å². The highest BCUT2D eigenvalue weighted by Crippen LogP contribution is 2.55. The summed E-state index contributed by atoms with van der Waals surface area (Å²) in [6.45, 7) is 0. The third kappa shape index (κ3) is 5.00. The molecule has 0 unspecified atom stereocenters. The second kappa shape index (κ2) is 13.6. The first-order valence-electron chi connectivity index (χ1n) is 22.3. The molecular weight excluding hydrogens is 769 g/mol. The van der Waals surface area contributed by atoms with Crippen molar-refractivity contribution in [2.24, 2.45) is 0 Å². The Kier molecular flexibility index (Phi) is 7.49. The first kappa shape index (κ1) is 35.3. The number of hydrogen-bond acceptors (Lipinski definition) is 0. The maximum absolute atomic E-state index is 2.53. The van der Waals surface area contributed by atoms with Crippen LogP contribution in [0.1, 0.15) is 0 Å². The Labute approximate surface area is 370 Å². The summed E-state index contributed by atoms with van der Waals surface area (Å²) in [5, 5.41) is 20.9. The first-order valence-corrected chi connectivity index (χ1v) is 22.3. The van der Waals surface area contributed by atoms with Gasteiger partial charge in [-0.15, -0.1) is 0 Å².